The number of hydrogen-bond acceptors (Lipinski definition) is 3. The van der Waals surface area contributed by atoms with E-state index in [4.69, 9.17) is 9.68 Å². The molecule has 0 aliphatic carbocycles. The number of anilines is 1. The molecule has 0 bridgehead atoms. The van der Waals surface area contributed by atoms with Crippen molar-refractivity contribution in [2.45, 2.75) is 13.8 Å². The molecular formula is C16H13BrN2O2. The van der Waals surface area contributed by atoms with Gasteiger partial charge in [0, 0.05) is 11.8 Å². The second kappa shape index (κ2) is 6.42. The van der Waals surface area contributed by atoms with Crippen molar-refractivity contribution in [1.82, 2.24) is 0 Å². The fourth-order valence-corrected chi connectivity index (χ4v) is 2.09. The van der Waals surface area contributed by atoms with Crippen LogP contribution in [0.5, 0.6) is 0 Å². The maximum atomic E-state index is 12.2. The van der Waals surface area contributed by atoms with E-state index in [2.05, 4.69) is 21.2 Å². The normalized spacial score (nSPS) is 11.0. The van der Waals surface area contributed by atoms with E-state index in [-0.39, 0.29) is 5.57 Å². The van der Waals surface area contributed by atoms with Crippen LogP contribution >= 0.6 is 15.9 Å². The first kappa shape index (κ1) is 15.1. The molecule has 1 aromatic heterocycles. The van der Waals surface area contributed by atoms with Crippen LogP contribution in [0.2, 0.25) is 0 Å². The van der Waals surface area contributed by atoms with Crippen LogP contribution in [0.1, 0.15) is 16.9 Å². The number of hydrogen-bond donors (Lipinski definition) is 1. The summed E-state index contributed by atoms with van der Waals surface area (Å²) in [6, 6.07) is 10.9. The molecule has 0 atom stereocenters. The number of nitrogens with zero attached hydrogens (tertiary/aromatic N) is 1. The lowest BCUT2D eigenvalue weighted by molar-refractivity contribution is -0.112. The Balaban J connectivity index is 2.24. The van der Waals surface area contributed by atoms with Gasteiger partial charge in [-0.25, -0.2) is 0 Å². The molecule has 0 radical (unpaired) electrons. The molecule has 0 aliphatic heterocycles. The summed E-state index contributed by atoms with van der Waals surface area (Å²) in [5, 5.41) is 11.9. The Kier molecular flexibility index (Phi) is 4.61. The summed E-state index contributed by atoms with van der Waals surface area (Å²) in [6.45, 7) is 3.89. The Labute approximate surface area is 131 Å². The fraction of sp³-hybridized carbons (Fsp3) is 0.125. The van der Waals surface area contributed by atoms with Gasteiger partial charge in [-0.3, -0.25) is 4.79 Å². The molecule has 4 nitrogen and oxygen atoms in total. The van der Waals surface area contributed by atoms with Gasteiger partial charge in [-0.15, -0.1) is 0 Å². The molecule has 0 aliphatic rings. The smallest absolute Gasteiger partial charge is 0.266 e. The SMILES string of the molecule is Cc1cccc(NC(=O)/C(C#N)=C/c2ccc(Br)o2)c1C. The number of aryl methyl sites for hydroxylation is 1. The van der Waals surface area contributed by atoms with Gasteiger partial charge < -0.3 is 9.73 Å². The molecular weight excluding hydrogens is 332 g/mol. The van der Waals surface area contributed by atoms with Crippen molar-refractivity contribution < 1.29 is 9.21 Å². The molecule has 0 saturated heterocycles. The summed E-state index contributed by atoms with van der Waals surface area (Å²) in [4.78, 5) is 12.2. The number of nitrogens with one attached hydrogen (secondary N) is 1. The van der Waals surface area contributed by atoms with Crippen LogP contribution in [-0.2, 0) is 4.79 Å². The van der Waals surface area contributed by atoms with Crippen LogP contribution in [0.15, 0.2) is 45.0 Å². The second-order valence-electron chi connectivity index (χ2n) is 4.51. The quantitative estimate of drug-likeness (QED) is 0.670. The minimum absolute atomic E-state index is 0.0160. The van der Waals surface area contributed by atoms with Crippen LogP contribution < -0.4 is 5.32 Å². The van der Waals surface area contributed by atoms with E-state index in [0.717, 1.165) is 11.1 Å². The van der Waals surface area contributed by atoms with Crippen LogP contribution in [0.25, 0.3) is 6.08 Å². The van der Waals surface area contributed by atoms with Gasteiger partial charge in [0.1, 0.15) is 17.4 Å². The lowest BCUT2D eigenvalue weighted by Gasteiger charge is -2.09. The molecule has 1 amide bonds. The highest BCUT2D eigenvalue weighted by atomic mass is 79.9. The molecule has 0 unspecified atom stereocenters. The molecule has 0 spiro atoms. The Bertz CT molecular complexity index is 754. The van der Waals surface area contributed by atoms with E-state index in [9.17, 15) is 4.79 Å². The van der Waals surface area contributed by atoms with Crippen molar-refractivity contribution >= 4 is 33.6 Å². The first-order chi connectivity index (χ1) is 10.0. The molecule has 1 aromatic carbocycles. The average molecular weight is 345 g/mol. The highest BCUT2D eigenvalue weighted by Gasteiger charge is 2.12. The Morgan fingerprint density at radius 2 is 2.10 bits per heavy atom. The Hall–Kier alpha value is -2.32. The molecule has 21 heavy (non-hydrogen) atoms. The summed E-state index contributed by atoms with van der Waals surface area (Å²) < 4.78 is 5.81. The standard InChI is InChI=1S/C16H13BrN2O2/c1-10-4-3-5-14(11(10)2)19-16(20)12(9-18)8-13-6-7-15(17)21-13/h3-8H,1-2H3,(H,19,20)/b12-8+. The summed E-state index contributed by atoms with van der Waals surface area (Å²) in [5.74, 6) is -0.0201. The van der Waals surface area contributed by atoms with Gasteiger partial charge in [-0.1, -0.05) is 12.1 Å². The lowest BCUT2D eigenvalue weighted by Crippen LogP contribution is -2.14. The highest BCUT2D eigenvalue weighted by Crippen LogP contribution is 2.20. The monoisotopic (exact) mass is 344 g/mol. The zero-order chi connectivity index (χ0) is 15.4. The van der Waals surface area contributed by atoms with Crippen LogP contribution in [0.4, 0.5) is 5.69 Å². The predicted octanol–water partition coefficient (Wildman–Crippen LogP) is 4.20. The minimum atomic E-state index is -0.460. The predicted molar refractivity (Wildman–Crippen MR) is 84.5 cm³/mol. The number of nitriles is 1. The van der Waals surface area contributed by atoms with Crippen molar-refractivity contribution in [3.8, 4) is 6.07 Å². The minimum Gasteiger partial charge on any atom is -0.450 e. The van der Waals surface area contributed by atoms with Gasteiger partial charge in [-0.2, -0.15) is 5.26 Å². The van der Waals surface area contributed by atoms with Crippen molar-refractivity contribution in [3.63, 3.8) is 0 Å². The van der Waals surface area contributed by atoms with Gasteiger partial charge in [0.05, 0.1) is 0 Å². The van der Waals surface area contributed by atoms with Gasteiger partial charge >= 0.3 is 0 Å². The summed E-state index contributed by atoms with van der Waals surface area (Å²) >= 11 is 3.17. The van der Waals surface area contributed by atoms with E-state index < -0.39 is 5.91 Å². The van der Waals surface area contributed by atoms with E-state index >= 15 is 0 Å². The van der Waals surface area contributed by atoms with Crippen molar-refractivity contribution in [1.29, 1.82) is 5.26 Å². The van der Waals surface area contributed by atoms with Gasteiger partial charge in [0.15, 0.2) is 4.67 Å². The number of carbonyl (C=O) groups excluding carboxylic acids is 1. The number of amides is 1. The average Bonchev–Trinajstić information content (AvgIpc) is 2.86. The molecule has 0 saturated carbocycles. The third-order valence-electron chi connectivity index (χ3n) is 3.10. The van der Waals surface area contributed by atoms with Crippen molar-refractivity contribution in [3.05, 3.63) is 57.5 Å². The topological polar surface area (TPSA) is 66.0 Å². The number of carbonyl (C=O) groups is 1. The summed E-state index contributed by atoms with van der Waals surface area (Å²) in [6.07, 6.45) is 1.41. The zero-order valence-corrected chi connectivity index (χ0v) is 13.2. The molecule has 1 N–H and O–H groups in total. The van der Waals surface area contributed by atoms with E-state index in [1.807, 2.05) is 32.0 Å². The zero-order valence-electron chi connectivity index (χ0n) is 11.6. The van der Waals surface area contributed by atoms with Crippen LogP contribution in [0, 0.1) is 25.2 Å². The molecule has 0 fully saturated rings. The van der Waals surface area contributed by atoms with Crippen LogP contribution in [0.3, 0.4) is 0 Å². The van der Waals surface area contributed by atoms with Gasteiger partial charge in [0.25, 0.3) is 5.91 Å². The van der Waals surface area contributed by atoms with E-state index in [1.54, 1.807) is 18.2 Å². The van der Waals surface area contributed by atoms with Gasteiger partial charge in [0.2, 0.25) is 0 Å². The Morgan fingerprint density at radius 3 is 2.71 bits per heavy atom. The summed E-state index contributed by atoms with van der Waals surface area (Å²) in [5.41, 5.74) is 2.73. The molecule has 2 aromatic rings. The van der Waals surface area contributed by atoms with E-state index in [1.165, 1.54) is 6.08 Å². The molecule has 2 rings (SSSR count). The Morgan fingerprint density at radius 1 is 1.33 bits per heavy atom. The number of furan rings is 1. The maximum Gasteiger partial charge on any atom is 0.266 e. The highest BCUT2D eigenvalue weighted by molar-refractivity contribution is 9.10. The molecule has 5 heteroatoms. The molecule has 1 heterocycles. The third kappa shape index (κ3) is 3.61. The van der Waals surface area contributed by atoms with Crippen molar-refractivity contribution in [2.24, 2.45) is 0 Å². The van der Waals surface area contributed by atoms with Crippen LogP contribution in [-0.4, -0.2) is 5.91 Å². The first-order valence-electron chi connectivity index (χ1n) is 6.26. The fourth-order valence-electron chi connectivity index (χ4n) is 1.77. The second-order valence-corrected chi connectivity index (χ2v) is 5.29. The number of halogens is 1. The van der Waals surface area contributed by atoms with E-state index in [0.29, 0.717) is 16.1 Å². The first-order valence-corrected chi connectivity index (χ1v) is 7.05. The number of rotatable bonds is 3. The summed E-state index contributed by atoms with van der Waals surface area (Å²) in [7, 11) is 0. The largest absolute Gasteiger partial charge is 0.450 e. The maximum absolute atomic E-state index is 12.2. The molecule has 106 valence electrons. The lowest BCUT2D eigenvalue weighted by atomic mass is 10.1. The van der Waals surface area contributed by atoms with Gasteiger partial charge in [-0.05, 0) is 59.1 Å². The third-order valence-corrected chi connectivity index (χ3v) is 3.52. The number of benzene rings is 1. The van der Waals surface area contributed by atoms with Crippen molar-refractivity contribution in [2.75, 3.05) is 5.32 Å².